The van der Waals surface area contributed by atoms with Crippen LogP contribution in [0.3, 0.4) is 0 Å². The molecule has 1 N–H and O–H groups in total. The minimum absolute atomic E-state index is 0.429. The van der Waals surface area contributed by atoms with Crippen LogP contribution in [-0.4, -0.2) is 12.1 Å². The molecule has 2 atom stereocenters. The Morgan fingerprint density at radius 3 is 2.50 bits per heavy atom. The molecule has 0 fully saturated rings. The van der Waals surface area contributed by atoms with Crippen molar-refractivity contribution >= 4 is 0 Å². The number of terminal acetylenes is 1. The van der Waals surface area contributed by atoms with Gasteiger partial charge in [-0.25, -0.2) is 0 Å². The van der Waals surface area contributed by atoms with Crippen molar-refractivity contribution in [2.45, 2.75) is 45.6 Å². The second kappa shape index (κ2) is 6.46. The molecule has 0 aliphatic carbocycles. The van der Waals surface area contributed by atoms with Crippen LogP contribution in [0.25, 0.3) is 0 Å². The van der Waals surface area contributed by atoms with E-state index in [9.17, 15) is 0 Å². The lowest BCUT2D eigenvalue weighted by atomic mass is 9.86. The predicted molar refractivity (Wildman–Crippen MR) is 59.5 cm³/mol. The maximum Gasteiger partial charge on any atom is 0.107 e. The number of hydrogen-bond donors (Lipinski definition) is 1. The lowest BCUT2D eigenvalue weighted by molar-refractivity contribution is 0.325. The molecule has 0 spiro atoms. The highest BCUT2D eigenvalue weighted by Gasteiger charge is 2.28. The van der Waals surface area contributed by atoms with Crippen LogP contribution >= 0.6 is 0 Å². The Morgan fingerprint density at radius 2 is 2.14 bits per heavy atom. The number of nitriles is 1. The summed E-state index contributed by atoms with van der Waals surface area (Å²) in [6.45, 7) is 6.80. The Kier molecular flexibility index (Phi) is 6.00. The molecule has 0 rings (SSSR count). The smallest absolute Gasteiger partial charge is 0.107 e. The average Bonchev–Trinajstić information content (AvgIpc) is 2.24. The Hall–Kier alpha value is -0.990. The first-order valence-electron chi connectivity index (χ1n) is 5.23. The van der Waals surface area contributed by atoms with Gasteiger partial charge in [-0.1, -0.05) is 33.1 Å². The quantitative estimate of drug-likeness (QED) is 0.656. The van der Waals surface area contributed by atoms with Gasteiger partial charge in [0.25, 0.3) is 0 Å². The number of nitrogens with zero attached hydrogens (tertiary/aromatic N) is 1. The molecule has 2 nitrogen and oxygen atoms in total. The second-order valence-electron chi connectivity index (χ2n) is 3.82. The summed E-state index contributed by atoms with van der Waals surface area (Å²) in [6.07, 6.45) is 7.96. The van der Waals surface area contributed by atoms with Crippen LogP contribution in [0, 0.1) is 29.6 Å². The monoisotopic (exact) mass is 192 g/mol. The molecule has 0 aliphatic rings. The predicted octanol–water partition coefficient (Wildman–Crippen LogP) is 2.32. The largest absolute Gasteiger partial charge is 0.288 e. The third-order valence-electron chi connectivity index (χ3n) is 2.74. The van der Waals surface area contributed by atoms with Crippen LogP contribution in [0.1, 0.15) is 40.0 Å². The van der Waals surface area contributed by atoms with Gasteiger partial charge in [-0.15, -0.1) is 6.42 Å². The lowest BCUT2D eigenvalue weighted by Crippen LogP contribution is -2.44. The fraction of sp³-hybridized carbons (Fsp3) is 0.750. The molecule has 0 aromatic carbocycles. The van der Waals surface area contributed by atoms with Gasteiger partial charge in [0.05, 0.1) is 12.6 Å². The van der Waals surface area contributed by atoms with Crippen LogP contribution in [0.4, 0.5) is 0 Å². The Labute approximate surface area is 87.7 Å². The molecule has 2 unspecified atom stereocenters. The summed E-state index contributed by atoms with van der Waals surface area (Å²) in [5.41, 5.74) is -0.429. The second-order valence-corrected chi connectivity index (χ2v) is 3.82. The van der Waals surface area contributed by atoms with E-state index in [1.165, 1.54) is 0 Å². The first kappa shape index (κ1) is 13.0. The van der Waals surface area contributed by atoms with Gasteiger partial charge in [0.2, 0.25) is 0 Å². The summed E-state index contributed by atoms with van der Waals surface area (Å²) in [7, 11) is 0. The zero-order valence-electron chi connectivity index (χ0n) is 9.43. The third kappa shape index (κ3) is 3.81. The van der Waals surface area contributed by atoms with E-state index >= 15 is 0 Å². The van der Waals surface area contributed by atoms with E-state index in [4.69, 9.17) is 11.7 Å². The molecule has 2 heteroatoms. The lowest BCUT2D eigenvalue weighted by Gasteiger charge is -2.28. The van der Waals surface area contributed by atoms with Gasteiger partial charge in [-0.2, -0.15) is 5.26 Å². The van der Waals surface area contributed by atoms with E-state index in [1.54, 1.807) is 0 Å². The van der Waals surface area contributed by atoms with Gasteiger partial charge in [-0.05, 0) is 18.8 Å². The maximum absolute atomic E-state index is 9.17. The van der Waals surface area contributed by atoms with Crippen LogP contribution < -0.4 is 5.32 Å². The molecule has 0 aromatic heterocycles. The molecule has 0 saturated carbocycles. The highest BCUT2D eigenvalue weighted by atomic mass is 15.0. The minimum Gasteiger partial charge on any atom is -0.288 e. The third-order valence-corrected chi connectivity index (χ3v) is 2.74. The number of rotatable bonds is 6. The summed E-state index contributed by atoms with van der Waals surface area (Å²) >= 11 is 0. The molecule has 78 valence electrons. The fourth-order valence-electron chi connectivity index (χ4n) is 1.47. The molecule has 0 amide bonds. The van der Waals surface area contributed by atoms with E-state index in [2.05, 4.69) is 31.2 Å². The van der Waals surface area contributed by atoms with E-state index < -0.39 is 5.54 Å². The molecule has 0 aliphatic heterocycles. The topological polar surface area (TPSA) is 35.8 Å². The van der Waals surface area contributed by atoms with Crippen molar-refractivity contribution in [1.82, 2.24) is 5.32 Å². The normalized spacial score (nSPS) is 16.4. The van der Waals surface area contributed by atoms with E-state index in [0.29, 0.717) is 12.5 Å². The first-order chi connectivity index (χ1) is 6.64. The van der Waals surface area contributed by atoms with Gasteiger partial charge < -0.3 is 0 Å². The molecule has 0 radical (unpaired) electrons. The van der Waals surface area contributed by atoms with Gasteiger partial charge >= 0.3 is 0 Å². The first-order valence-corrected chi connectivity index (χ1v) is 5.23. The molecular formula is C12H20N2. The zero-order chi connectivity index (χ0) is 11.0. The molecular weight excluding hydrogens is 172 g/mol. The van der Waals surface area contributed by atoms with Crippen LogP contribution in [0.5, 0.6) is 0 Å². The highest BCUT2D eigenvalue weighted by molar-refractivity contribution is 5.08. The number of hydrogen-bond acceptors (Lipinski definition) is 2. The standard InChI is InChI=1S/C12H20N2/c1-5-8-14-12(7-3,10-13)9-11(4)6-2/h1,11,14H,6-9H2,2-4H3. The van der Waals surface area contributed by atoms with Gasteiger partial charge in [-0.3, -0.25) is 5.32 Å². The van der Waals surface area contributed by atoms with Crippen molar-refractivity contribution < 1.29 is 0 Å². The number of nitrogens with one attached hydrogen (secondary N) is 1. The summed E-state index contributed by atoms with van der Waals surface area (Å²) in [4.78, 5) is 0. The Morgan fingerprint density at radius 1 is 1.50 bits per heavy atom. The maximum atomic E-state index is 9.17. The van der Waals surface area contributed by atoms with Crippen molar-refractivity contribution in [2.75, 3.05) is 6.54 Å². The molecule has 0 heterocycles. The van der Waals surface area contributed by atoms with Crippen molar-refractivity contribution in [1.29, 1.82) is 5.26 Å². The average molecular weight is 192 g/mol. The summed E-state index contributed by atoms with van der Waals surface area (Å²) in [5.74, 6) is 3.08. The van der Waals surface area contributed by atoms with Crippen LogP contribution in [-0.2, 0) is 0 Å². The van der Waals surface area contributed by atoms with Crippen molar-refractivity contribution in [3.05, 3.63) is 0 Å². The summed E-state index contributed by atoms with van der Waals surface area (Å²) in [5, 5.41) is 12.3. The van der Waals surface area contributed by atoms with Crippen LogP contribution in [0.15, 0.2) is 0 Å². The van der Waals surface area contributed by atoms with Crippen molar-refractivity contribution in [2.24, 2.45) is 5.92 Å². The van der Waals surface area contributed by atoms with E-state index in [-0.39, 0.29) is 0 Å². The fourth-order valence-corrected chi connectivity index (χ4v) is 1.47. The molecule has 0 bridgehead atoms. The molecule has 14 heavy (non-hydrogen) atoms. The van der Waals surface area contributed by atoms with Gasteiger partial charge in [0.1, 0.15) is 5.54 Å². The Bertz CT molecular complexity index is 234. The van der Waals surface area contributed by atoms with Crippen molar-refractivity contribution in [3.63, 3.8) is 0 Å². The molecule has 0 aromatic rings. The minimum atomic E-state index is -0.429. The molecule has 0 saturated heterocycles. The summed E-state index contributed by atoms with van der Waals surface area (Å²) < 4.78 is 0. The van der Waals surface area contributed by atoms with E-state index in [0.717, 1.165) is 19.3 Å². The van der Waals surface area contributed by atoms with E-state index in [1.807, 2.05) is 6.92 Å². The van der Waals surface area contributed by atoms with Crippen molar-refractivity contribution in [3.8, 4) is 18.4 Å². The van der Waals surface area contributed by atoms with Gasteiger partial charge in [0, 0.05) is 0 Å². The van der Waals surface area contributed by atoms with Gasteiger partial charge in [0.15, 0.2) is 0 Å². The SMILES string of the molecule is C#CCNC(C#N)(CC)CC(C)CC. The zero-order valence-corrected chi connectivity index (χ0v) is 9.43. The highest BCUT2D eigenvalue weighted by Crippen LogP contribution is 2.21. The Balaban J connectivity index is 4.40. The summed E-state index contributed by atoms with van der Waals surface area (Å²) in [6, 6.07) is 2.36. The van der Waals surface area contributed by atoms with Crippen LogP contribution in [0.2, 0.25) is 0 Å².